The fraction of sp³-hybridized carbons (Fsp3) is 0.615. The molecule has 0 atom stereocenters. The molecule has 0 radical (unpaired) electrons. The predicted molar refractivity (Wildman–Crippen MR) is 81.2 cm³/mol. The Balaban J connectivity index is 1.66. The molecule has 0 unspecified atom stereocenters. The molecule has 0 aliphatic heterocycles. The fourth-order valence-electron chi connectivity index (χ4n) is 2.75. The van der Waals surface area contributed by atoms with Gasteiger partial charge in [-0.2, -0.15) is 22.4 Å². The summed E-state index contributed by atoms with van der Waals surface area (Å²) in [6, 6.07) is 1.83. The fourth-order valence-corrected chi connectivity index (χ4v) is 3.87. The standard InChI is InChI=1S/C13H20N6O2S/c1-18(11-6-3-2-4-7-11)22(20,21)15-10-12-16-13-14-8-5-9-19(13)17-12/h5,8-9,11,15H,2-4,6-7,10H2,1H3. The van der Waals surface area contributed by atoms with Crippen molar-refractivity contribution in [2.45, 2.75) is 44.7 Å². The molecule has 2 aromatic heterocycles. The number of rotatable bonds is 5. The van der Waals surface area contributed by atoms with Crippen LogP contribution in [0.2, 0.25) is 0 Å². The average Bonchev–Trinajstić information content (AvgIpc) is 2.96. The van der Waals surface area contributed by atoms with Crippen LogP contribution in [0, 0.1) is 0 Å². The lowest BCUT2D eigenvalue weighted by molar-refractivity contribution is 0.282. The van der Waals surface area contributed by atoms with Crippen LogP contribution in [0.5, 0.6) is 0 Å². The second-order valence-corrected chi connectivity index (χ2v) is 7.34. The molecule has 3 rings (SSSR count). The second kappa shape index (κ2) is 6.27. The van der Waals surface area contributed by atoms with Gasteiger partial charge in [0, 0.05) is 25.5 Å². The van der Waals surface area contributed by atoms with Gasteiger partial charge in [-0.25, -0.2) is 9.50 Å². The Morgan fingerprint density at radius 1 is 1.36 bits per heavy atom. The van der Waals surface area contributed by atoms with Crippen molar-refractivity contribution in [1.82, 2.24) is 28.6 Å². The van der Waals surface area contributed by atoms with Crippen molar-refractivity contribution >= 4 is 16.0 Å². The van der Waals surface area contributed by atoms with Gasteiger partial charge in [0.2, 0.25) is 0 Å². The van der Waals surface area contributed by atoms with Crippen LogP contribution >= 0.6 is 0 Å². The van der Waals surface area contributed by atoms with Crippen LogP contribution < -0.4 is 4.72 Å². The maximum absolute atomic E-state index is 12.4. The Hall–Kier alpha value is -1.58. The summed E-state index contributed by atoms with van der Waals surface area (Å²) >= 11 is 0. The predicted octanol–water partition coefficient (Wildman–Crippen LogP) is 0.723. The summed E-state index contributed by atoms with van der Waals surface area (Å²) in [7, 11) is -1.89. The maximum Gasteiger partial charge on any atom is 0.279 e. The third-order valence-electron chi connectivity index (χ3n) is 4.04. The molecule has 1 aliphatic rings. The first-order valence-corrected chi connectivity index (χ1v) is 8.89. The van der Waals surface area contributed by atoms with Crippen molar-refractivity contribution < 1.29 is 8.42 Å². The van der Waals surface area contributed by atoms with E-state index in [0.29, 0.717) is 11.6 Å². The molecule has 1 saturated carbocycles. The molecule has 0 saturated heterocycles. The van der Waals surface area contributed by atoms with E-state index < -0.39 is 10.2 Å². The lowest BCUT2D eigenvalue weighted by Gasteiger charge is -2.30. The molecule has 9 heteroatoms. The molecule has 120 valence electrons. The highest BCUT2D eigenvalue weighted by Crippen LogP contribution is 2.22. The molecule has 0 bridgehead atoms. The molecular weight excluding hydrogens is 304 g/mol. The zero-order valence-corrected chi connectivity index (χ0v) is 13.3. The first-order chi connectivity index (χ1) is 10.6. The van der Waals surface area contributed by atoms with Crippen LogP contribution in [0.4, 0.5) is 0 Å². The molecule has 1 aliphatic carbocycles. The normalized spacial score (nSPS) is 17.4. The molecule has 0 spiro atoms. The van der Waals surface area contributed by atoms with E-state index in [1.807, 2.05) is 0 Å². The smallest absolute Gasteiger partial charge is 0.220 e. The molecule has 2 aromatic rings. The van der Waals surface area contributed by atoms with Gasteiger partial charge in [-0.15, -0.1) is 5.10 Å². The van der Waals surface area contributed by atoms with Gasteiger partial charge < -0.3 is 0 Å². The highest BCUT2D eigenvalue weighted by Gasteiger charge is 2.27. The van der Waals surface area contributed by atoms with E-state index in [4.69, 9.17) is 0 Å². The molecule has 8 nitrogen and oxygen atoms in total. The maximum atomic E-state index is 12.4. The van der Waals surface area contributed by atoms with Gasteiger partial charge in [0.05, 0.1) is 6.54 Å². The van der Waals surface area contributed by atoms with E-state index in [-0.39, 0.29) is 12.6 Å². The van der Waals surface area contributed by atoms with Gasteiger partial charge in [0.1, 0.15) is 0 Å². The minimum atomic E-state index is -3.52. The molecule has 0 amide bonds. The van der Waals surface area contributed by atoms with Crippen molar-refractivity contribution in [3.8, 4) is 0 Å². The number of aromatic nitrogens is 4. The lowest BCUT2D eigenvalue weighted by atomic mass is 9.96. The Kier molecular flexibility index (Phi) is 4.37. The minimum Gasteiger partial charge on any atom is -0.220 e. The first-order valence-electron chi connectivity index (χ1n) is 7.45. The third-order valence-corrected chi connectivity index (χ3v) is 5.61. The van der Waals surface area contributed by atoms with Crippen molar-refractivity contribution in [1.29, 1.82) is 0 Å². The minimum absolute atomic E-state index is 0.0583. The number of hydrogen-bond donors (Lipinski definition) is 1. The zero-order chi connectivity index (χ0) is 15.6. The highest BCUT2D eigenvalue weighted by atomic mass is 32.2. The Bertz CT molecular complexity index is 705. The number of hydrogen-bond acceptors (Lipinski definition) is 5. The summed E-state index contributed by atoms with van der Waals surface area (Å²) in [6.07, 6.45) is 8.56. The highest BCUT2D eigenvalue weighted by molar-refractivity contribution is 7.87. The van der Waals surface area contributed by atoms with Crippen LogP contribution in [0.3, 0.4) is 0 Å². The van der Waals surface area contributed by atoms with Gasteiger partial charge in [-0.05, 0) is 18.9 Å². The molecule has 1 fully saturated rings. The van der Waals surface area contributed by atoms with Gasteiger partial charge >= 0.3 is 0 Å². The van der Waals surface area contributed by atoms with Gasteiger partial charge in [-0.3, -0.25) is 0 Å². The van der Waals surface area contributed by atoms with E-state index in [9.17, 15) is 8.42 Å². The quantitative estimate of drug-likeness (QED) is 0.875. The molecule has 1 N–H and O–H groups in total. The van der Waals surface area contributed by atoms with Crippen LogP contribution in [-0.2, 0) is 16.8 Å². The summed E-state index contributed by atoms with van der Waals surface area (Å²) in [4.78, 5) is 8.24. The van der Waals surface area contributed by atoms with Crippen molar-refractivity contribution in [3.63, 3.8) is 0 Å². The number of nitrogens with zero attached hydrogens (tertiary/aromatic N) is 5. The molecule has 2 heterocycles. The van der Waals surface area contributed by atoms with Crippen molar-refractivity contribution in [2.75, 3.05) is 7.05 Å². The Morgan fingerprint density at radius 3 is 2.86 bits per heavy atom. The SMILES string of the molecule is CN(C1CCCCC1)S(=O)(=O)NCc1nc2ncccn2n1. The molecular formula is C13H20N6O2S. The number of nitrogens with one attached hydrogen (secondary N) is 1. The van der Waals surface area contributed by atoms with Gasteiger partial charge in [-0.1, -0.05) is 19.3 Å². The monoisotopic (exact) mass is 324 g/mol. The summed E-state index contributed by atoms with van der Waals surface area (Å²) in [5.41, 5.74) is 0. The van der Waals surface area contributed by atoms with E-state index in [1.165, 1.54) is 15.2 Å². The summed E-state index contributed by atoms with van der Waals surface area (Å²) < 4.78 is 30.2. The first kappa shape index (κ1) is 15.3. The third kappa shape index (κ3) is 3.26. The second-order valence-electron chi connectivity index (χ2n) is 5.53. The van der Waals surface area contributed by atoms with Crippen LogP contribution in [-0.4, -0.2) is 45.4 Å². The summed E-state index contributed by atoms with van der Waals surface area (Å²) in [5, 5.41) is 4.19. The van der Waals surface area contributed by atoms with Crippen LogP contribution in [0.1, 0.15) is 37.9 Å². The lowest BCUT2D eigenvalue weighted by Crippen LogP contribution is -2.44. The average molecular weight is 324 g/mol. The van der Waals surface area contributed by atoms with Crippen LogP contribution in [0.15, 0.2) is 18.5 Å². The Labute approximate surface area is 129 Å². The Morgan fingerprint density at radius 2 is 2.14 bits per heavy atom. The van der Waals surface area contributed by atoms with E-state index >= 15 is 0 Å². The molecule has 22 heavy (non-hydrogen) atoms. The summed E-state index contributed by atoms with van der Waals surface area (Å²) in [6.45, 7) is 0.0583. The van der Waals surface area contributed by atoms with E-state index in [2.05, 4.69) is 19.8 Å². The van der Waals surface area contributed by atoms with Gasteiger partial charge in [0.15, 0.2) is 5.82 Å². The van der Waals surface area contributed by atoms with Crippen molar-refractivity contribution in [3.05, 3.63) is 24.3 Å². The largest absolute Gasteiger partial charge is 0.279 e. The van der Waals surface area contributed by atoms with Gasteiger partial charge in [0.25, 0.3) is 16.0 Å². The topological polar surface area (TPSA) is 92.5 Å². The molecule has 0 aromatic carbocycles. The number of fused-ring (bicyclic) bond motifs is 1. The van der Waals surface area contributed by atoms with E-state index in [0.717, 1.165) is 25.7 Å². The van der Waals surface area contributed by atoms with E-state index in [1.54, 1.807) is 25.5 Å². The summed E-state index contributed by atoms with van der Waals surface area (Å²) in [5.74, 6) is 0.858. The van der Waals surface area contributed by atoms with Crippen LogP contribution in [0.25, 0.3) is 5.78 Å². The van der Waals surface area contributed by atoms with Crippen molar-refractivity contribution in [2.24, 2.45) is 0 Å². The zero-order valence-electron chi connectivity index (χ0n) is 12.5.